The Morgan fingerprint density at radius 2 is 2.31 bits per heavy atom. The molecule has 16 heavy (non-hydrogen) atoms. The van der Waals surface area contributed by atoms with Crippen LogP contribution >= 0.6 is 0 Å². The molecule has 4 heteroatoms. The third-order valence-corrected chi connectivity index (χ3v) is 2.69. The van der Waals surface area contributed by atoms with E-state index in [1.807, 2.05) is 0 Å². The molecule has 1 fully saturated rings. The van der Waals surface area contributed by atoms with Crippen LogP contribution in [0.25, 0.3) is 0 Å². The second kappa shape index (κ2) is 5.47. The van der Waals surface area contributed by atoms with E-state index in [1.54, 1.807) is 12.3 Å². The Morgan fingerprint density at radius 3 is 3.06 bits per heavy atom. The number of ether oxygens (including phenoxy) is 1. The number of rotatable bonds is 3. The van der Waals surface area contributed by atoms with Crippen molar-refractivity contribution >= 4 is 5.95 Å². The van der Waals surface area contributed by atoms with Gasteiger partial charge in [0, 0.05) is 26.0 Å². The standard InChI is InChI=1S/C12H15N3O/c1-2-11-3-6-13-12(15-11)14-9-10-4-7-16-8-5-10/h1,3,6,10H,4-5,7-9H2,(H,13,14,15). The van der Waals surface area contributed by atoms with Crippen LogP contribution < -0.4 is 5.32 Å². The van der Waals surface area contributed by atoms with Gasteiger partial charge in [0.1, 0.15) is 5.69 Å². The summed E-state index contributed by atoms with van der Waals surface area (Å²) in [7, 11) is 0. The van der Waals surface area contributed by atoms with Crippen LogP contribution in [0, 0.1) is 18.3 Å². The molecule has 1 aliphatic rings. The van der Waals surface area contributed by atoms with Crippen molar-refractivity contribution in [2.24, 2.45) is 5.92 Å². The predicted molar refractivity (Wildman–Crippen MR) is 62.0 cm³/mol. The van der Waals surface area contributed by atoms with Crippen molar-refractivity contribution in [1.82, 2.24) is 9.97 Å². The lowest BCUT2D eigenvalue weighted by molar-refractivity contribution is 0.0699. The minimum absolute atomic E-state index is 0.613. The highest BCUT2D eigenvalue weighted by molar-refractivity contribution is 5.31. The van der Waals surface area contributed by atoms with Crippen molar-refractivity contribution < 1.29 is 4.74 Å². The average Bonchev–Trinajstić information content (AvgIpc) is 2.38. The molecule has 0 saturated carbocycles. The average molecular weight is 217 g/mol. The molecular weight excluding hydrogens is 202 g/mol. The number of nitrogens with zero attached hydrogens (tertiary/aromatic N) is 2. The van der Waals surface area contributed by atoms with Gasteiger partial charge in [-0.05, 0) is 24.8 Å². The molecule has 1 saturated heterocycles. The molecule has 1 N–H and O–H groups in total. The van der Waals surface area contributed by atoms with Gasteiger partial charge in [-0.3, -0.25) is 0 Å². The zero-order valence-electron chi connectivity index (χ0n) is 9.15. The van der Waals surface area contributed by atoms with Gasteiger partial charge in [0.25, 0.3) is 0 Å². The van der Waals surface area contributed by atoms with Gasteiger partial charge in [-0.25, -0.2) is 9.97 Å². The van der Waals surface area contributed by atoms with Crippen LogP contribution in [0.4, 0.5) is 5.95 Å². The lowest BCUT2D eigenvalue weighted by Crippen LogP contribution is -2.23. The van der Waals surface area contributed by atoms with Gasteiger partial charge in [-0.15, -0.1) is 6.42 Å². The van der Waals surface area contributed by atoms with E-state index in [1.165, 1.54) is 0 Å². The summed E-state index contributed by atoms with van der Waals surface area (Å²) in [4.78, 5) is 8.31. The number of hydrogen-bond acceptors (Lipinski definition) is 4. The van der Waals surface area contributed by atoms with Crippen molar-refractivity contribution in [2.45, 2.75) is 12.8 Å². The van der Waals surface area contributed by atoms with Crippen molar-refractivity contribution in [2.75, 3.05) is 25.1 Å². The van der Waals surface area contributed by atoms with Gasteiger partial charge in [-0.1, -0.05) is 5.92 Å². The molecule has 0 aliphatic carbocycles. The van der Waals surface area contributed by atoms with E-state index in [0.717, 1.165) is 32.6 Å². The predicted octanol–water partition coefficient (Wildman–Crippen LogP) is 1.30. The first kappa shape index (κ1) is 10.9. The van der Waals surface area contributed by atoms with Crippen LogP contribution in [-0.4, -0.2) is 29.7 Å². The molecule has 0 unspecified atom stereocenters. The Hall–Kier alpha value is -1.60. The molecule has 0 radical (unpaired) electrons. The Balaban J connectivity index is 1.86. The normalized spacial score (nSPS) is 16.7. The summed E-state index contributed by atoms with van der Waals surface area (Å²) < 4.78 is 5.30. The lowest BCUT2D eigenvalue weighted by Gasteiger charge is -2.22. The first-order valence-electron chi connectivity index (χ1n) is 5.50. The highest BCUT2D eigenvalue weighted by atomic mass is 16.5. The van der Waals surface area contributed by atoms with E-state index in [9.17, 15) is 0 Å². The summed E-state index contributed by atoms with van der Waals surface area (Å²) in [5.41, 5.74) is 0.615. The Labute approximate surface area is 95.4 Å². The summed E-state index contributed by atoms with van der Waals surface area (Å²) in [6.45, 7) is 2.60. The monoisotopic (exact) mass is 217 g/mol. The number of nitrogens with one attached hydrogen (secondary N) is 1. The van der Waals surface area contributed by atoms with Crippen LogP contribution in [0.5, 0.6) is 0 Å². The molecule has 0 spiro atoms. The number of hydrogen-bond donors (Lipinski definition) is 1. The van der Waals surface area contributed by atoms with Gasteiger partial charge in [0.05, 0.1) is 0 Å². The molecule has 1 aromatic heterocycles. The summed E-state index contributed by atoms with van der Waals surface area (Å²) >= 11 is 0. The molecule has 2 heterocycles. The minimum Gasteiger partial charge on any atom is -0.381 e. The van der Waals surface area contributed by atoms with E-state index in [-0.39, 0.29) is 0 Å². The maximum atomic E-state index is 5.30. The third kappa shape index (κ3) is 2.94. The lowest BCUT2D eigenvalue weighted by atomic mass is 10.0. The Kier molecular flexibility index (Phi) is 3.73. The van der Waals surface area contributed by atoms with Crippen LogP contribution in [0.2, 0.25) is 0 Å². The van der Waals surface area contributed by atoms with Gasteiger partial charge in [0.15, 0.2) is 0 Å². The fourth-order valence-electron chi connectivity index (χ4n) is 1.71. The summed E-state index contributed by atoms with van der Waals surface area (Å²) in [6, 6.07) is 1.72. The highest BCUT2D eigenvalue weighted by Crippen LogP contribution is 2.14. The first-order chi connectivity index (χ1) is 7.88. The second-order valence-corrected chi connectivity index (χ2v) is 3.85. The van der Waals surface area contributed by atoms with Crippen LogP contribution in [0.3, 0.4) is 0 Å². The van der Waals surface area contributed by atoms with Crippen molar-refractivity contribution in [1.29, 1.82) is 0 Å². The zero-order chi connectivity index (χ0) is 11.2. The summed E-state index contributed by atoms with van der Waals surface area (Å²) in [5, 5.41) is 3.22. The third-order valence-electron chi connectivity index (χ3n) is 2.69. The molecule has 2 rings (SSSR count). The molecule has 0 aromatic carbocycles. The zero-order valence-corrected chi connectivity index (χ0v) is 9.15. The first-order valence-corrected chi connectivity index (χ1v) is 5.50. The van der Waals surface area contributed by atoms with Gasteiger partial charge in [-0.2, -0.15) is 0 Å². The smallest absolute Gasteiger partial charge is 0.223 e. The van der Waals surface area contributed by atoms with E-state index < -0.39 is 0 Å². The molecule has 1 aromatic rings. The summed E-state index contributed by atoms with van der Waals surface area (Å²) in [6.07, 6.45) is 9.15. The van der Waals surface area contributed by atoms with Crippen LogP contribution in [-0.2, 0) is 4.74 Å². The van der Waals surface area contributed by atoms with Crippen LogP contribution in [0.15, 0.2) is 12.3 Å². The molecule has 4 nitrogen and oxygen atoms in total. The maximum absolute atomic E-state index is 5.30. The molecule has 1 aliphatic heterocycles. The molecule has 0 bridgehead atoms. The van der Waals surface area contributed by atoms with Gasteiger partial charge < -0.3 is 10.1 Å². The van der Waals surface area contributed by atoms with Crippen molar-refractivity contribution in [3.8, 4) is 12.3 Å². The Bertz CT molecular complexity index is 380. The second-order valence-electron chi connectivity index (χ2n) is 3.85. The highest BCUT2D eigenvalue weighted by Gasteiger charge is 2.13. The van der Waals surface area contributed by atoms with Gasteiger partial charge in [0.2, 0.25) is 5.95 Å². The molecule has 84 valence electrons. The van der Waals surface area contributed by atoms with Gasteiger partial charge >= 0.3 is 0 Å². The number of terminal acetylenes is 1. The van der Waals surface area contributed by atoms with Crippen molar-refractivity contribution in [3.63, 3.8) is 0 Å². The Morgan fingerprint density at radius 1 is 1.50 bits per heavy atom. The topological polar surface area (TPSA) is 47.0 Å². The van der Waals surface area contributed by atoms with Crippen molar-refractivity contribution in [3.05, 3.63) is 18.0 Å². The van der Waals surface area contributed by atoms with E-state index in [4.69, 9.17) is 11.2 Å². The summed E-state index contributed by atoms with van der Waals surface area (Å²) in [5.74, 6) is 3.75. The maximum Gasteiger partial charge on any atom is 0.223 e. The van der Waals surface area contributed by atoms with Crippen LogP contribution in [0.1, 0.15) is 18.5 Å². The molecular formula is C12H15N3O. The van der Waals surface area contributed by atoms with E-state index in [2.05, 4.69) is 21.2 Å². The quantitative estimate of drug-likeness (QED) is 0.775. The fourth-order valence-corrected chi connectivity index (χ4v) is 1.71. The van der Waals surface area contributed by atoms with E-state index in [0.29, 0.717) is 17.6 Å². The van der Waals surface area contributed by atoms with E-state index >= 15 is 0 Å². The number of aromatic nitrogens is 2. The molecule has 0 amide bonds. The fraction of sp³-hybridized carbons (Fsp3) is 0.500. The SMILES string of the molecule is C#Cc1ccnc(NCC2CCOCC2)n1. The largest absolute Gasteiger partial charge is 0.381 e. The minimum atomic E-state index is 0.613. The molecule has 0 atom stereocenters. The number of anilines is 1.